The predicted molar refractivity (Wildman–Crippen MR) is 86.2 cm³/mol. The zero-order chi connectivity index (χ0) is 14.8. The molecular weight excluding hydrogens is 286 g/mol. The topological polar surface area (TPSA) is 42.1 Å². The minimum absolute atomic E-state index is 0.120. The normalized spacial score (nSPS) is 22.4. The van der Waals surface area contributed by atoms with E-state index < -0.39 is 0 Å². The summed E-state index contributed by atoms with van der Waals surface area (Å²) >= 11 is 6.31. The second-order valence-corrected chi connectivity index (χ2v) is 6.19. The Bertz CT molecular complexity index is 695. The predicted octanol–water partition coefficient (Wildman–Crippen LogP) is 4.53. The molecule has 0 spiro atoms. The lowest BCUT2D eigenvalue weighted by atomic mass is 9.85. The smallest absolute Gasteiger partial charge is 0.255 e. The van der Waals surface area contributed by atoms with Crippen molar-refractivity contribution in [2.75, 3.05) is 0 Å². The lowest BCUT2D eigenvalue weighted by molar-refractivity contribution is 0.0906. The van der Waals surface area contributed by atoms with Crippen LogP contribution in [0.1, 0.15) is 39.0 Å². The van der Waals surface area contributed by atoms with Crippen LogP contribution in [0.5, 0.6) is 5.75 Å². The van der Waals surface area contributed by atoms with Gasteiger partial charge in [-0.2, -0.15) is 0 Å². The minimum Gasteiger partial charge on any atom is -0.489 e. The molecule has 3 nitrogen and oxygen atoms in total. The molecule has 1 aromatic heterocycles. The van der Waals surface area contributed by atoms with Crippen molar-refractivity contribution in [3.05, 3.63) is 39.8 Å². The molecule has 2 atom stereocenters. The van der Waals surface area contributed by atoms with Gasteiger partial charge in [0, 0.05) is 11.6 Å². The van der Waals surface area contributed by atoms with Gasteiger partial charge < -0.3 is 9.72 Å². The van der Waals surface area contributed by atoms with E-state index in [1.54, 1.807) is 12.3 Å². The SMILES string of the molecule is CC[C@H]1CCCCC1Oc1cc2cc[nH]c(=O)c2cc1Cl. The van der Waals surface area contributed by atoms with Crippen LogP contribution in [0.3, 0.4) is 0 Å². The molecule has 4 heteroatoms. The Morgan fingerprint density at radius 1 is 1.33 bits per heavy atom. The molecule has 1 heterocycles. The summed E-state index contributed by atoms with van der Waals surface area (Å²) in [4.78, 5) is 14.4. The first-order valence-corrected chi connectivity index (χ1v) is 8.04. The second kappa shape index (κ2) is 6.10. The molecule has 112 valence electrons. The molecule has 1 unspecified atom stereocenters. The fourth-order valence-electron chi connectivity index (χ4n) is 3.24. The van der Waals surface area contributed by atoms with Gasteiger partial charge in [0.2, 0.25) is 0 Å². The van der Waals surface area contributed by atoms with Crippen molar-refractivity contribution < 1.29 is 4.74 Å². The van der Waals surface area contributed by atoms with E-state index in [1.165, 1.54) is 19.3 Å². The van der Waals surface area contributed by atoms with Crippen molar-refractivity contribution in [2.45, 2.75) is 45.1 Å². The molecule has 21 heavy (non-hydrogen) atoms. The Kier molecular flexibility index (Phi) is 4.20. The number of pyridine rings is 1. The molecule has 1 aliphatic carbocycles. The third-order valence-corrected chi connectivity index (χ3v) is 4.76. The number of benzene rings is 1. The summed E-state index contributed by atoms with van der Waals surface area (Å²) in [5.41, 5.74) is -0.120. The quantitative estimate of drug-likeness (QED) is 0.905. The van der Waals surface area contributed by atoms with Crippen LogP contribution >= 0.6 is 11.6 Å². The first-order valence-electron chi connectivity index (χ1n) is 7.66. The van der Waals surface area contributed by atoms with Crippen molar-refractivity contribution in [2.24, 2.45) is 5.92 Å². The van der Waals surface area contributed by atoms with Gasteiger partial charge >= 0.3 is 0 Å². The molecule has 3 rings (SSSR count). The maximum atomic E-state index is 11.8. The van der Waals surface area contributed by atoms with Crippen molar-refractivity contribution in [1.29, 1.82) is 0 Å². The highest BCUT2D eigenvalue weighted by molar-refractivity contribution is 6.32. The van der Waals surface area contributed by atoms with E-state index in [9.17, 15) is 4.79 Å². The van der Waals surface area contributed by atoms with Crippen molar-refractivity contribution in [3.63, 3.8) is 0 Å². The summed E-state index contributed by atoms with van der Waals surface area (Å²) < 4.78 is 6.19. The van der Waals surface area contributed by atoms with Crippen LogP contribution in [0, 0.1) is 5.92 Å². The van der Waals surface area contributed by atoms with Crippen LogP contribution in [0.25, 0.3) is 10.8 Å². The Morgan fingerprint density at radius 3 is 2.95 bits per heavy atom. The van der Waals surface area contributed by atoms with Gasteiger partial charge in [-0.3, -0.25) is 4.79 Å². The molecule has 0 amide bonds. The summed E-state index contributed by atoms with van der Waals surface area (Å²) in [5, 5.41) is 1.98. The molecule has 0 saturated heterocycles. The lowest BCUT2D eigenvalue weighted by Crippen LogP contribution is -2.30. The Morgan fingerprint density at radius 2 is 2.14 bits per heavy atom. The number of hydrogen-bond donors (Lipinski definition) is 1. The van der Waals surface area contributed by atoms with E-state index >= 15 is 0 Å². The number of fused-ring (bicyclic) bond motifs is 1. The number of H-pyrrole nitrogens is 1. The number of rotatable bonds is 3. The maximum absolute atomic E-state index is 11.8. The van der Waals surface area contributed by atoms with Crippen LogP contribution in [-0.2, 0) is 0 Å². The summed E-state index contributed by atoms with van der Waals surface area (Å²) in [7, 11) is 0. The molecule has 1 N–H and O–H groups in total. The second-order valence-electron chi connectivity index (χ2n) is 5.79. The average Bonchev–Trinajstić information content (AvgIpc) is 2.50. The van der Waals surface area contributed by atoms with E-state index in [2.05, 4.69) is 11.9 Å². The van der Waals surface area contributed by atoms with Crippen molar-refractivity contribution >= 4 is 22.4 Å². The molecular formula is C17H20ClNO2. The van der Waals surface area contributed by atoms with Crippen molar-refractivity contribution in [3.8, 4) is 5.75 Å². The van der Waals surface area contributed by atoms with Crippen molar-refractivity contribution in [1.82, 2.24) is 4.98 Å². The van der Waals surface area contributed by atoms with Gasteiger partial charge in [-0.1, -0.05) is 24.9 Å². The Hall–Kier alpha value is -1.48. The lowest BCUT2D eigenvalue weighted by Gasteiger charge is -2.31. The minimum atomic E-state index is -0.120. The van der Waals surface area contributed by atoms with Gasteiger partial charge in [0.05, 0.1) is 5.02 Å². The molecule has 0 bridgehead atoms. The zero-order valence-electron chi connectivity index (χ0n) is 12.2. The first-order chi connectivity index (χ1) is 10.2. The largest absolute Gasteiger partial charge is 0.489 e. The molecule has 1 aliphatic rings. The molecule has 2 aromatic rings. The third kappa shape index (κ3) is 2.93. The van der Waals surface area contributed by atoms with Gasteiger partial charge in [-0.05, 0) is 55.2 Å². The Labute approximate surface area is 129 Å². The monoisotopic (exact) mass is 305 g/mol. The molecule has 1 saturated carbocycles. The maximum Gasteiger partial charge on any atom is 0.255 e. The Balaban J connectivity index is 1.93. The van der Waals surface area contributed by atoms with Crippen LogP contribution in [0.2, 0.25) is 5.02 Å². The van der Waals surface area contributed by atoms with E-state index in [4.69, 9.17) is 16.3 Å². The van der Waals surface area contributed by atoms with E-state index in [-0.39, 0.29) is 11.7 Å². The number of ether oxygens (including phenoxy) is 1. The summed E-state index contributed by atoms with van der Waals surface area (Å²) in [6.45, 7) is 2.22. The molecule has 1 aromatic carbocycles. The first kappa shape index (κ1) is 14.5. The summed E-state index contributed by atoms with van der Waals surface area (Å²) in [6, 6.07) is 5.46. The van der Waals surface area contributed by atoms with Crippen LogP contribution in [0.4, 0.5) is 0 Å². The van der Waals surface area contributed by atoms with E-state index in [1.807, 2.05) is 12.1 Å². The molecule has 0 aliphatic heterocycles. The van der Waals surface area contributed by atoms with Gasteiger partial charge in [0.15, 0.2) is 0 Å². The van der Waals surface area contributed by atoms with Gasteiger partial charge in [0.25, 0.3) is 5.56 Å². The standard InChI is InChI=1S/C17H20ClNO2/c1-2-11-5-3-4-6-15(11)21-16-9-12-7-8-19-17(20)13(12)10-14(16)18/h7-11,15H,2-6H2,1H3,(H,19,20)/t11-,15?/m0/s1. The summed E-state index contributed by atoms with van der Waals surface area (Å²) in [6.07, 6.45) is 7.84. The number of nitrogens with one attached hydrogen (secondary N) is 1. The van der Waals surface area contributed by atoms with Crippen LogP contribution in [-0.4, -0.2) is 11.1 Å². The van der Waals surface area contributed by atoms with Gasteiger partial charge in [0.1, 0.15) is 11.9 Å². The number of hydrogen-bond acceptors (Lipinski definition) is 2. The number of halogens is 1. The van der Waals surface area contributed by atoms with Crippen LogP contribution < -0.4 is 10.3 Å². The van der Waals surface area contributed by atoms with Gasteiger partial charge in [-0.25, -0.2) is 0 Å². The highest BCUT2D eigenvalue weighted by atomic mass is 35.5. The fraction of sp³-hybridized carbons (Fsp3) is 0.471. The fourth-order valence-corrected chi connectivity index (χ4v) is 3.45. The number of aromatic nitrogens is 1. The number of aromatic amines is 1. The van der Waals surface area contributed by atoms with Gasteiger partial charge in [-0.15, -0.1) is 0 Å². The van der Waals surface area contributed by atoms with E-state index in [0.717, 1.165) is 18.2 Å². The highest BCUT2D eigenvalue weighted by Gasteiger charge is 2.26. The van der Waals surface area contributed by atoms with E-state index in [0.29, 0.717) is 22.1 Å². The van der Waals surface area contributed by atoms with Crippen LogP contribution in [0.15, 0.2) is 29.2 Å². The zero-order valence-corrected chi connectivity index (χ0v) is 13.0. The highest BCUT2D eigenvalue weighted by Crippen LogP contribution is 2.34. The molecule has 0 radical (unpaired) electrons. The third-order valence-electron chi connectivity index (χ3n) is 4.47. The summed E-state index contributed by atoms with van der Waals surface area (Å²) in [5.74, 6) is 1.30. The average molecular weight is 306 g/mol. The molecule has 1 fully saturated rings.